The second-order valence-corrected chi connectivity index (χ2v) is 5.30. The molecule has 116 valence electrons. The van der Waals surface area contributed by atoms with Gasteiger partial charge in [0.05, 0.1) is 0 Å². The minimum Gasteiger partial charge on any atom is -0.334 e. The molecule has 0 spiro atoms. The Hall–Kier alpha value is -2.36. The second kappa shape index (κ2) is 7.59. The van der Waals surface area contributed by atoms with Gasteiger partial charge < -0.3 is 10.6 Å². The van der Waals surface area contributed by atoms with Crippen molar-refractivity contribution in [2.24, 2.45) is 0 Å². The smallest absolute Gasteiger partial charge is 0.319 e. The van der Waals surface area contributed by atoms with Crippen LogP contribution in [0.5, 0.6) is 0 Å². The summed E-state index contributed by atoms with van der Waals surface area (Å²) in [6, 6.07) is 13.8. The van der Waals surface area contributed by atoms with Crippen molar-refractivity contribution in [2.45, 2.75) is 32.7 Å². The van der Waals surface area contributed by atoms with Crippen molar-refractivity contribution in [1.29, 1.82) is 0 Å². The van der Waals surface area contributed by atoms with Crippen molar-refractivity contribution in [3.63, 3.8) is 0 Å². The maximum Gasteiger partial charge on any atom is 0.319 e. The zero-order chi connectivity index (χ0) is 15.9. The van der Waals surface area contributed by atoms with Crippen molar-refractivity contribution < 1.29 is 9.18 Å². The predicted octanol–water partition coefficient (Wildman–Crippen LogP) is 4.66. The van der Waals surface area contributed by atoms with E-state index in [1.54, 1.807) is 18.2 Å². The zero-order valence-corrected chi connectivity index (χ0v) is 12.9. The van der Waals surface area contributed by atoms with Crippen LogP contribution in [0.2, 0.25) is 0 Å². The molecule has 22 heavy (non-hydrogen) atoms. The molecule has 1 atom stereocenters. The number of amides is 2. The standard InChI is InChI=1S/C18H21FN2O/c1-3-13(2)15-9-5-7-11-17(15)21-18(22)20-12-14-8-4-6-10-16(14)19/h4-11,13H,3,12H2,1-2H3,(H2,20,21,22). The Morgan fingerprint density at radius 1 is 1.14 bits per heavy atom. The lowest BCUT2D eigenvalue weighted by Crippen LogP contribution is -2.29. The van der Waals surface area contributed by atoms with E-state index in [-0.39, 0.29) is 18.4 Å². The Bertz CT molecular complexity index is 642. The quantitative estimate of drug-likeness (QED) is 0.828. The molecule has 0 fully saturated rings. The Labute approximate surface area is 130 Å². The third-order valence-corrected chi connectivity index (χ3v) is 3.75. The maximum atomic E-state index is 13.5. The first-order valence-corrected chi connectivity index (χ1v) is 7.49. The fraction of sp³-hybridized carbons (Fsp3) is 0.278. The van der Waals surface area contributed by atoms with E-state index < -0.39 is 0 Å². The van der Waals surface area contributed by atoms with Gasteiger partial charge >= 0.3 is 6.03 Å². The molecule has 1 unspecified atom stereocenters. The third-order valence-electron chi connectivity index (χ3n) is 3.75. The van der Waals surface area contributed by atoms with Crippen molar-refractivity contribution in [1.82, 2.24) is 5.32 Å². The van der Waals surface area contributed by atoms with Crippen LogP contribution in [0.15, 0.2) is 48.5 Å². The van der Waals surface area contributed by atoms with Crippen molar-refractivity contribution in [3.05, 3.63) is 65.5 Å². The third kappa shape index (κ3) is 4.07. The monoisotopic (exact) mass is 300 g/mol. The molecule has 0 aliphatic carbocycles. The van der Waals surface area contributed by atoms with Gasteiger partial charge in [-0.15, -0.1) is 0 Å². The molecule has 0 radical (unpaired) electrons. The Morgan fingerprint density at radius 2 is 1.82 bits per heavy atom. The highest BCUT2D eigenvalue weighted by molar-refractivity contribution is 5.90. The van der Waals surface area contributed by atoms with Gasteiger partial charge in [0.25, 0.3) is 0 Å². The van der Waals surface area contributed by atoms with Crippen molar-refractivity contribution in [3.8, 4) is 0 Å². The number of rotatable bonds is 5. The lowest BCUT2D eigenvalue weighted by molar-refractivity contribution is 0.251. The van der Waals surface area contributed by atoms with Crippen LogP contribution in [-0.2, 0) is 6.54 Å². The number of nitrogens with one attached hydrogen (secondary N) is 2. The summed E-state index contributed by atoms with van der Waals surface area (Å²) in [4.78, 5) is 12.0. The lowest BCUT2D eigenvalue weighted by Gasteiger charge is -2.16. The Morgan fingerprint density at radius 3 is 2.55 bits per heavy atom. The molecule has 4 heteroatoms. The Kier molecular flexibility index (Phi) is 5.53. The van der Waals surface area contributed by atoms with Crippen LogP contribution >= 0.6 is 0 Å². The summed E-state index contributed by atoms with van der Waals surface area (Å²) in [5.74, 6) is 0.0471. The normalized spacial score (nSPS) is 11.8. The van der Waals surface area contributed by atoms with Gasteiger partial charge in [-0.05, 0) is 30.0 Å². The second-order valence-electron chi connectivity index (χ2n) is 5.30. The first-order valence-electron chi connectivity index (χ1n) is 7.49. The molecule has 2 N–H and O–H groups in total. The average molecular weight is 300 g/mol. The molecule has 2 aromatic rings. The maximum absolute atomic E-state index is 13.5. The number of hydrogen-bond acceptors (Lipinski definition) is 1. The van der Waals surface area contributed by atoms with Gasteiger partial charge in [0.15, 0.2) is 0 Å². The molecule has 0 heterocycles. The van der Waals surface area contributed by atoms with Gasteiger partial charge in [-0.2, -0.15) is 0 Å². The molecule has 0 aliphatic rings. The summed E-state index contributed by atoms with van der Waals surface area (Å²) in [5.41, 5.74) is 2.36. The predicted molar refractivity (Wildman–Crippen MR) is 87.4 cm³/mol. The summed E-state index contributed by atoms with van der Waals surface area (Å²) in [6.07, 6.45) is 0.996. The molecule has 0 saturated heterocycles. The fourth-order valence-electron chi connectivity index (χ4n) is 2.24. The first-order chi connectivity index (χ1) is 10.6. The summed E-state index contributed by atoms with van der Waals surface area (Å²) >= 11 is 0. The molecular weight excluding hydrogens is 279 g/mol. The molecule has 0 bridgehead atoms. The van der Waals surface area contributed by atoms with Crippen LogP contribution in [0.25, 0.3) is 0 Å². The Balaban J connectivity index is 1.99. The summed E-state index contributed by atoms with van der Waals surface area (Å²) in [5, 5.41) is 5.53. The minimum atomic E-state index is -0.334. The van der Waals surface area contributed by atoms with E-state index in [4.69, 9.17) is 0 Å². The van der Waals surface area contributed by atoms with Crippen LogP contribution in [0.3, 0.4) is 0 Å². The lowest BCUT2D eigenvalue weighted by atomic mass is 9.97. The van der Waals surface area contributed by atoms with Crippen LogP contribution in [0.4, 0.5) is 14.9 Å². The van der Waals surface area contributed by atoms with Gasteiger partial charge in [-0.1, -0.05) is 50.2 Å². The highest BCUT2D eigenvalue weighted by atomic mass is 19.1. The molecule has 2 aromatic carbocycles. The van der Waals surface area contributed by atoms with E-state index in [9.17, 15) is 9.18 Å². The molecule has 3 nitrogen and oxygen atoms in total. The molecular formula is C18H21FN2O. The SMILES string of the molecule is CCC(C)c1ccccc1NC(=O)NCc1ccccc1F. The number of hydrogen-bond donors (Lipinski definition) is 2. The zero-order valence-electron chi connectivity index (χ0n) is 12.9. The van der Waals surface area contributed by atoms with E-state index in [0.717, 1.165) is 17.7 Å². The van der Waals surface area contributed by atoms with Crippen molar-refractivity contribution in [2.75, 3.05) is 5.32 Å². The topological polar surface area (TPSA) is 41.1 Å². The fourth-order valence-corrected chi connectivity index (χ4v) is 2.24. The van der Waals surface area contributed by atoms with Crippen LogP contribution < -0.4 is 10.6 Å². The van der Waals surface area contributed by atoms with Crippen LogP contribution in [0.1, 0.15) is 37.3 Å². The average Bonchev–Trinajstić information content (AvgIpc) is 2.54. The van der Waals surface area contributed by atoms with Gasteiger partial charge in [-0.3, -0.25) is 0 Å². The number of carbonyl (C=O) groups is 1. The summed E-state index contributed by atoms with van der Waals surface area (Å²) < 4.78 is 13.5. The number of benzene rings is 2. The van der Waals surface area contributed by atoms with Gasteiger partial charge in [0.2, 0.25) is 0 Å². The molecule has 0 aromatic heterocycles. The summed E-state index contributed by atoms with van der Waals surface area (Å²) in [7, 11) is 0. The molecule has 0 saturated carbocycles. The highest BCUT2D eigenvalue weighted by Crippen LogP contribution is 2.26. The van der Waals surface area contributed by atoms with E-state index in [0.29, 0.717) is 11.5 Å². The van der Waals surface area contributed by atoms with E-state index >= 15 is 0 Å². The molecule has 2 amide bonds. The summed E-state index contributed by atoms with van der Waals surface area (Å²) in [6.45, 7) is 4.39. The van der Waals surface area contributed by atoms with Crippen LogP contribution in [0, 0.1) is 5.82 Å². The van der Waals surface area contributed by atoms with E-state index in [1.165, 1.54) is 6.07 Å². The number of para-hydroxylation sites is 1. The number of carbonyl (C=O) groups excluding carboxylic acids is 1. The number of anilines is 1. The van der Waals surface area contributed by atoms with Gasteiger partial charge in [-0.25, -0.2) is 9.18 Å². The van der Waals surface area contributed by atoms with Gasteiger partial charge in [0, 0.05) is 17.8 Å². The van der Waals surface area contributed by atoms with Crippen molar-refractivity contribution >= 4 is 11.7 Å². The number of halogens is 1. The molecule has 2 rings (SSSR count). The highest BCUT2D eigenvalue weighted by Gasteiger charge is 2.11. The minimum absolute atomic E-state index is 0.157. The van der Waals surface area contributed by atoms with Crippen LogP contribution in [-0.4, -0.2) is 6.03 Å². The largest absolute Gasteiger partial charge is 0.334 e. The van der Waals surface area contributed by atoms with E-state index in [2.05, 4.69) is 24.5 Å². The van der Waals surface area contributed by atoms with E-state index in [1.807, 2.05) is 24.3 Å². The molecule has 0 aliphatic heterocycles. The first kappa shape index (κ1) is 16.0. The number of urea groups is 1. The van der Waals surface area contributed by atoms with Gasteiger partial charge in [0.1, 0.15) is 5.82 Å².